The van der Waals surface area contributed by atoms with Gasteiger partial charge in [-0.2, -0.15) is 0 Å². The van der Waals surface area contributed by atoms with Crippen LogP contribution in [0.4, 0.5) is 5.69 Å². The molecular formula is C27H25NO6. The number of rotatable bonds is 6. The topological polar surface area (TPSA) is 96.3 Å². The number of aliphatic hydroxyl groups is 1. The van der Waals surface area contributed by atoms with Gasteiger partial charge in [-0.25, -0.2) is 0 Å². The van der Waals surface area contributed by atoms with E-state index in [4.69, 9.17) is 9.47 Å². The summed E-state index contributed by atoms with van der Waals surface area (Å²) in [6.45, 7) is 3.82. The Morgan fingerprint density at radius 3 is 2.21 bits per heavy atom. The third-order valence-electron chi connectivity index (χ3n) is 5.50. The first-order valence-electron chi connectivity index (χ1n) is 10.8. The highest BCUT2D eigenvalue weighted by Gasteiger charge is 2.47. The molecule has 7 nitrogen and oxygen atoms in total. The van der Waals surface area contributed by atoms with Gasteiger partial charge >= 0.3 is 0 Å². The maximum Gasteiger partial charge on any atom is 0.300 e. The van der Waals surface area contributed by atoms with Crippen LogP contribution in [0.2, 0.25) is 0 Å². The number of anilines is 1. The van der Waals surface area contributed by atoms with Crippen LogP contribution >= 0.6 is 0 Å². The lowest BCUT2D eigenvalue weighted by molar-refractivity contribution is -0.132. The van der Waals surface area contributed by atoms with Crippen molar-refractivity contribution in [1.82, 2.24) is 0 Å². The summed E-state index contributed by atoms with van der Waals surface area (Å²) in [6.07, 6.45) is -0.0138. The molecule has 0 spiro atoms. The normalized spacial score (nSPS) is 17.3. The Morgan fingerprint density at radius 2 is 1.59 bits per heavy atom. The van der Waals surface area contributed by atoms with Gasteiger partial charge in [-0.1, -0.05) is 24.3 Å². The third-order valence-corrected chi connectivity index (χ3v) is 5.50. The SMILES string of the molecule is COc1ccccc1N1C(=O)C(=O)/C(=C(/O)c2ccc(OC(C)C)cc2)C1c1ccc(O)cc1. The number of hydrogen-bond acceptors (Lipinski definition) is 6. The number of benzene rings is 3. The molecule has 4 rings (SSSR count). The number of nitrogens with zero attached hydrogens (tertiary/aromatic N) is 1. The van der Waals surface area contributed by atoms with Crippen LogP contribution in [0.5, 0.6) is 17.2 Å². The summed E-state index contributed by atoms with van der Waals surface area (Å²) in [5.41, 5.74) is 1.26. The highest BCUT2D eigenvalue weighted by atomic mass is 16.5. The number of carbonyl (C=O) groups excluding carboxylic acids is 2. The van der Waals surface area contributed by atoms with Crippen molar-refractivity contribution in [2.75, 3.05) is 12.0 Å². The van der Waals surface area contributed by atoms with Crippen molar-refractivity contribution >= 4 is 23.1 Å². The fourth-order valence-electron chi connectivity index (χ4n) is 4.00. The standard InChI is InChI=1S/C27H25NO6/c1-16(2)34-20-14-10-18(11-15-20)25(30)23-24(17-8-12-19(29)13-9-17)28(27(32)26(23)31)21-6-4-5-7-22(21)33-3/h4-16,24,29-30H,1-3H3/b25-23+. The van der Waals surface area contributed by atoms with Crippen LogP contribution in [0, 0.1) is 0 Å². The second-order valence-corrected chi connectivity index (χ2v) is 8.12. The Morgan fingerprint density at radius 1 is 0.941 bits per heavy atom. The molecule has 1 fully saturated rings. The Kier molecular flexibility index (Phi) is 6.27. The van der Waals surface area contributed by atoms with Crippen molar-refractivity contribution in [2.45, 2.75) is 26.0 Å². The largest absolute Gasteiger partial charge is 0.508 e. The van der Waals surface area contributed by atoms with E-state index in [2.05, 4.69) is 0 Å². The molecule has 0 radical (unpaired) electrons. The van der Waals surface area contributed by atoms with Crippen LogP contribution < -0.4 is 14.4 Å². The maximum atomic E-state index is 13.3. The molecule has 1 atom stereocenters. The zero-order valence-electron chi connectivity index (χ0n) is 19.1. The average Bonchev–Trinajstić information content (AvgIpc) is 3.09. The predicted molar refractivity (Wildman–Crippen MR) is 128 cm³/mol. The fourth-order valence-corrected chi connectivity index (χ4v) is 4.00. The summed E-state index contributed by atoms with van der Waals surface area (Å²) in [6, 6.07) is 18.8. The van der Waals surface area contributed by atoms with Crippen molar-refractivity contribution < 1.29 is 29.3 Å². The molecule has 34 heavy (non-hydrogen) atoms. The number of Topliss-reactive ketones (excluding diaryl/α,β-unsaturated/α-hetero) is 1. The van der Waals surface area contributed by atoms with Crippen LogP contribution in [-0.2, 0) is 9.59 Å². The van der Waals surface area contributed by atoms with E-state index < -0.39 is 17.7 Å². The number of methoxy groups -OCH3 is 1. The summed E-state index contributed by atoms with van der Waals surface area (Å²) in [4.78, 5) is 27.8. The van der Waals surface area contributed by atoms with Gasteiger partial charge in [0.1, 0.15) is 23.0 Å². The number of amides is 1. The first-order chi connectivity index (χ1) is 16.3. The number of hydrogen-bond donors (Lipinski definition) is 2. The van der Waals surface area contributed by atoms with Crippen LogP contribution in [0.25, 0.3) is 5.76 Å². The molecule has 3 aromatic carbocycles. The molecule has 1 aliphatic rings. The van der Waals surface area contributed by atoms with Crippen molar-refractivity contribution in [3.8, 4) is 17.2 Å². The minimum atomic E-state index is -0.927. The van der Waals surface area contributed by atoms with Crippen molar-refractivity contribution in [2.24, 2.45) is 0 Å². The molecule has 1 amide bonds. The van der Waals surface area contributed by atoms with Gasteiger partial charge in [0, 0.05) is 5.56 Å². The highest BCUT2D eigenvalue weighted by molar-refractivity contribution is 6.51. The van der Waals surface area contributed by atoms with E-state index >= 15 is 0 Å². The average molecular weight is 459 g/mol. The lowest BCUT2D eigenvalue weighted by Crippen LogP contribution is -2.29. The van der Waals surface area contributed by atoms with Crippen LogP contribution in [0.15, 0.2) is 78.4 Å². The number of para-hydroxylation sites is 2. The quantitative estimate of drug-likeness (QED) is 0.312. The van der Waals surface area contributed by atoms with Crippen molar-refractivity contribution in [3.63, 3.8) is 0 Å². The van der Waals surface area contributed by atoms with Crippen LogP contribution in [0.1, 0.15) is 31.0 Å². The van der Waals surface area contributed by atoms with E-state index in [-0.39, 0.29) is 23.2 Å². The van der Waals surface area contributed by atoms with E-state index in [1.165, 1.54) is 24.1 Å². The molecule has 1 saturated heterocycles. The zero-order chi connectivity index (χ0) is 24.4. The Labute approximate surface area is 197 Å². The number of aliphatic hydroxyl groups excluding tert-OH is 1. The number of ketones is 1. The number of phenols is 1. The zero-order valence-corrected chi connectivity index (χ0v) is 19.1. The molecule has 0 bridgehead atoms. The van der Waals surface area contributed by atoms with Gasteiger partial charge in [-0.15, -0.1) is 0 Å². The number of carbonyl (C=O) groups is 2. The molecule has 174 valence electrons. The van der Waals surface area contributed by atoms with Crippen molar-refractivity contribution in [1.29, 1.82) is 0 Å². The summed E-state index contributed by atoms with van der Waals surface area (Å²) in [7, 11) is 1.48. The first kappa shape index (κ1) is 22.9. The van der Waals surface area contributed by atoms with Gasteiger partial charge in [-0.05, 0) is 67.9 Å². The smallest absolute Gasteiger partial charge is 0.300 e. The lowest BCUT2D eigenvalue weighted by atomic mass is 9.95. The number of phenolic OH excluding ortho intramolecular Hbond substituents is 1. The molecule has 0 saturated carbocycles. The van der Waals surface area contributed by atoms with Crippen molar-refractivity contribution in [3.05, 3.63) is 89.5 Å². The van der Waals surface area contributed by atoms with Gasteiger partial charge in [0.2, 0.25) is 0 Å². The van der Waals surface area contributed by atoms with E-state index in [1.807, 2.05) is 13.8 Å². The second kappa shape index (κ2) is 9.31. The molecule has 0 aliphatic carbocycles. The summed E-state index contributed by atoms with van der Waals surface area (Å²) in [5.74, 6) is -0.837. The van der Waals surface area contributed by atoms with Crippen LogP contribution in [-0.4, -0.2) is 35.1 Å². The minimum absolute atomic E-state index is 0.0138. The Balaban J connectivity index is 1.89. The molecule has 7 heteroatoms. The van der Waals surface area contributed by atoms with E-state index in [9.17, 15) is 19.8 Å². The summed E-state index contributed by atoms with van der Waals surface area (Å²) >= 11 is 0. The fraction of sp³-hybridized carbons (Fsp3) is 0.185. The van der Waals surface area contributed by atoms with Gasteiger partial charge < -0.3 is 19.7 Å². The summed E-state index contributed by atoms with van der Waals surface area (Å²) < 4.78 is 11.1. The summed E-state index contributed by atoms with van der Waals surface area (Å²) in [5, 5.41) is 21.0. The lowest BCUT2D eigenvalue weighted by Gasteiger charge is -2.26. The Hall–Kier alpha value is -4.26. The third kappa shape index (κ3) is 4.20. The Bertz CT molecular complexity index is 1240. The molecule has 3 aromatic rings. The predicted octanol–water partition coefficient (Wildman–Crippen LogP) is 4.81. The maximum absolute atomic E-state index is 13.3. The first-order valence-corrected chi connectivity index (χ1v) is 10.8. The number of aromatic hydroxyl groups is 1. The molecule has 1 unspecified atom stereocenters. The van der Waals surface area contributed by atoms with E-state index in [0.717, 1.165) is 0 Å². The number of ether oxygens (including phenoxy) is 2. The minimum Gasteiger partial charge on any atom is -0.508 e. The van der Waals surface area contributed by atoms with Gasteiger partial charge in [0.15, 0.2) is 0 Å². The van der Waals surface area contributed by atoms with E-state index in [1.54, 1.807) is 60.7 Å². The van der Waals surface area contributed by atoms with E-state index in [0.29, 0.717) is 28.3 Å². The highest BCUT2D eigenvalue weighted by Crippen LogP contribution is 2.45. The molecular weight excluding hydrogens is 434 g/mol. The van der Waals surface area contributed by atoms with Gasteiger partial charge in [-0.3, -0.25) is 14.5 Å². The monoisotopic (exact) mass is 459 g/mol. The molecule has 2 N–H and O–H groups in total. The van der Waals surface area contributed by atoms with Gasteiger partial charge in [0.05, 0.1) is 30.5 Å². The molecule has 0 aromatic heterocycles. The second-order valence-electron chi connectivity index (χ2n) is 8.12. The molecule has 1 heterocycles. The molecule has 1 aliphatic heterocycles. The van der Waals surface area contributed by atoms with Gasteiger partial charge in [0.25, 0.3) is 11.7 Å². The van der Waals surface area contributed by atoms with Crippen LogP contribution in [0.3, 0.4) is 0 Å².